The van der Waals surface area contributed by atoms with Crippen molar-refractivity contribution in [1.29, 1.82) is 0 Å². The van der Waals surface area contributed by atoms with Gasteiger partial charge in [0, 0.05) is 8.81 Å². The molecule has 1 heterocycles. The largest absolute Gasteiger partial charge is 0.341 e. The molecule has 0 amide bonds. The average Bonchev–Trinajstić information content (AvgIpc) is 2.59. The quantitative estimate of drug-likeness (QED) is 0.389. The average molecular weight is 180 g/mol. The normalized spacial score (nSPS) is 40.0. The third-order valence-corrected chi connectivity index (χ3v) is 3.17. The van der Waals surface area contributed by atoms with Crippen LogP contribution in [0.4, 0.5) is 0 Å². The summed E-state index contributed by atoms with van der Waals surface area (Å²) in [5, 5.41) is 0. The van der Waals surface area contributed by atoms with Gasteiger partial charge in [0.25, 0.3) is 0 Å². The Morgan fingerprint density at radius 1 is 1.90 bits per heavy atom. The molecule has 0 aromatic rings. The molecule has 0 spiro atoms. The summed E-state index contributed by atoms with van der Waals surface area (Å²) in [6.07, 6.45) is 0. The topological polar surface area (TPSA) is 60.1 Å². The molecule has 6 heteroatoms. The fourth-order valence-electron chi connectivity index (χ4n) is 0.496. The molecule has 4 atom stereocenters. The van der Waals surface area contributed by atoms with E-state index in [1.807, 2.05) is 6.66 Å². The Bertz CT molecular complexity index is 145. The van der Waals surface area contributed by atoms with E-state index in [4.69, 9.17) is 14.8 Å². The summed E-state index contributed by atoms with van der Waals surface area (Å²) in [5.41, 5.74) is 5.51. The molecule has 0 radical (unpaired) electrons. The molecule has 10 heavy (non-hydrogen) atoms. The van der Waals surface area contributed by atoms with Crippen LogP contribution >= 0.6 is 17.6 Å². The number of nitrogens with two attached hydrogens (primary N) is 1. The maximum absolute atomic E-state index is 5.51. The van der Waals surface area contributed by atoms with Gasteiger partial charge in [0.15, 0.2) is 5.85 Å². The van der Waals surface area contributed by atoms with Crippen LogP contribution in [-0.4, -0.2) is 25.1 Å². The van der Waals surface area contributed by atoms with Crippen molar-refractivity contribution in [2.75, 3.05) is 6.66 Å². The van der Waals surface area contributed by atoms with Gasteiger partial charge in [-0.25, -0.2) is 4.99 Å². The Hall–Kier alpha value is 0.410. The van der Waals surface area contributed by atoms with Crippen LogP contribution in [0.1, 0.15) is 0 Å². The Kier molecular flexibility index (Phi) is 2.73. The van der Waals surface area contributed by atoms with E-state index in [9.17, 15) is 0 Å². The number of nitrogens with zero attached hydrogens (tertiary/aromatic N) is 1. The highest BCUT2D eigenvalue weighted by Crippen LogP contribution is 2.47. The summed E-state index contributed by atoms with van der Waals surface area (Å²) in [4.78, 5) is 3.60. The summed E-state index contributed by atoms with van der Waals surface area (Å²) < 4.78 is 10.1. The van der Waals surface area contributed by atoms with Crippen LogP contribution in [0.15, 0.2) is 4.99 Å². The van der Waals surface area contributed by atoms with Gasteiger partial charge in [0.2, 0.25) is 5.85 Å². The van der Waals surface area contributed by atoms with Gasteiger partial charge in [-0.1, -0.05) is 0 Å². The van der Waals surface area contributed by atoms with Crippen LogP contribution in [0.5, 0.6) is 0 Å². The molecule has 4 nitrogen and oxygen atoms in total. The van der Waals surface area contributed by atoms with E-state index < -0.39 is 5.85 Å². The lowest BCUT2D eigenvalue weighted by Gasteiger charge is -1.96. The van der Waals surface area contributed by atoms with E-state index >= 15 is 0 Å². The molecule has 1 fully saturated rings. The molecule has 4 unspecified atom stereocenters. The SMILES string of the molecule is C=NC1(N)OC1POPC. The fraction of sp³-hybridized carbons (Fsp3) is 0.750. The summed E-state index contributed by atoms with van der Waals surface area (Å²) in [7, 11) is 0.772. The molecule has 0 aromatic heterocycles. The maximum atomic E-state index is 5.51. The second kappa shape index (κ2) is 3.21. The van der Waals surface area contributed by atoms with Crippen molar-refractivity contribution in [3.05, 3.63) is 0 Å². The molecule has 0 aromatic carbocycles. The summed E-state index contributed by atoms with van der Waals surface area (Å²) in [5.74, 6) is -0.893. The van der Waals surface area contributed by atoms with Crippen molar-refractivity contribution >= 4 is 24.3 Å². The standard InChI is InChI=1S/C4H10N2O2P2/c1-6-4(5)3(7-4)10-8-9-2/h3,9-10H,1,5H2,2H3. The number of hydrogen-bond donors (Lipinski definition) is 1. The third kappa shape index (κ3) is 1.71. The van der Waals surface area contributed by atoms with Crippen molar-refractivity contribution in [3.8, 4) is 0 Å². The number of ether oxygens (including phenoxy) is 1. The summed E-state index contributed by atoms with van der Waals surface area (Å²) >= 11 is 0. The molecule has 1 saturated heterocycles. The zero-order chi connectivity index (χ0) is 7.61. The van der Waals surface area contributed by atoms with Gasteiger partial charge in [0.05, 0.1) is 8.81 Å². The minimum absolute atomic E-state index is 0.0579. The van der Waals surface area contributed by atoms with Gasteiger partial charge in [-0.15, -0.1) is 0 Å². The minimum atomic E-state index is -0.835. The van der Waals surface area contributed by atoms with E-state index in [-0.39, 0.29) is 14.7 Å². The minimum Gasteiger partial charge on any atom is -0.341 e. The van der Waals surface area contributed by atoms with Crippen LogP contribution in [0, 0.1) is 0 Å². The van der Waals surface area contributed by atoms with E-state index in [0.29, 0.717) is 8.81 Å². The molecule has 2 N–H and O–H groups in total. The first-order chi connectivity index (χ1) is 4.73. The number of hydrogen-bond acceptors (Lipinski definition) is 4. The smallest absolute Gasteiger partial charge is 0.246 e. The molecule has 1 rings (SSSR count). The summed E-state index contributed by atoms with van der Waals surface area (Å²) in [6, 6.07) is 0. The number of epoxide rings is 1. The molecule has 0 saturated carbocycles. The lowest BCUT2D eigenvalue weighted by Crippen LogP contribution is -2.22. The van der Waals surface area contributed by atoms with Gasteiger partial charge in [-0.05, 0) is 13.4 Å². The van der Waals surface area contributed by atoms with E-state index in [1.165, 1.54) is 0 Å². The lowest BCUT2D eigenvalue weighted by molar-refractivity contribution is 0.317. The van der Waals surface area contributed by atoms with E-state index in [1.54, 1.807) is 0 Å². The van der Waals surface area contributed by atoms with Crippen molar-refractivity contribution in [2.24, 2.45) is 10.7 Å². The predicted octanol–water partition coefficient (Wildman–Crippen LogP) is 0.489. The van der Waals surface area contributed by atoms with Crippen molar-refractivity contribution in [1.82, 2.24) is 0 Å². The highest BCUT2D eigenvalue weighted by molar-refractivity contribution is 7.46. The molecule has 58 valence electrons. The van der Waals surface area contributed by atoms with Gasteiger partial charge in [0.1, 0.15) is 0 Å². The Morgan fingerprint density at radius 3 is 3.00 bits per heavy atom. The first-order valence-electron chi connectivity index (χ1n) is 2.75. The van der Waals surface area contributed by atoms with Crippen LogP contribution in [0.25, 0.3) is 0 Å². The Morgan fingerprint density at radius 2 is 2.60 bits per heavy atom. The number of aliphatic imine (C=N–C) groups is 1. The highest BCUT2D eigenvalue weighted by Gasteiger charge is 2.53. The van der Waals surface area contributed by atoms with E-state index in [0.717, 1.165) is 0 Å². The Balaban J connectivity index is 2.18. The fourth-order valence-corrected chi connectivity index (χ4v) is 1.89. The second-order valence-corrected chi connectivity index (χ2v) is 3.82. The van der Waals surface area contributed by atoms with Gasteiger partial charge < -0.3 is 9.05 Å². The van der Waals surface area contributed by atoms with Gasteiger partial charge in [-0.3, -0.25) is 5.73 Å². The predicted molar refractivity (Wildman–Crippen MR) is 45.0 cm³/mol. The highest BCUT2D eigenvalue weighted by atomic mass is 31.2. The third-order valence-electron chi connectivity index (χ3n) is 1.14. The maximum Gasteiger partial charge on any atom is 0.246 e. The van der Waals surface area contributed by atoms with Crippen LogP contribution in [0.2, 0.25) is 0 Å². The van der Waals surface area contributed by atoms with Crippen LogP contribution in [0.3, 0.4) is 0 Å². The van der Waals surface area contributed by atoms with Crippen molar-refractivity contribution < 1.29 is 9.05 Å². The molecule has 1 aliphatic rings. The molecular weight excluding hydrogens is 170 g/mol. The van der Waals surface area contributed by atoms with Gasteiger partial charge >= 0.3 is 0 Å². The zero-order valence-electron chi connectivity index (χ0n) is 5.63. The van der Waals surface area contributed by atoms with Crippen LogP contribution < -0.4 is 5.73 Å². The molecule has 0 bridgehead atoms. The zero-order valence-corrected chi connectivity index (χ0v) is 7.63. The monoisotopic (exact) mass is 180 g/mol. The second-order valence-electron chi connectivity index (χ2n) is 1.83. The van der Waals surface area contributed by atoms with Gasteiger partial charge in [-0.2, -0.15) is 0 Å². The number of rotatable bonds is 4. The first-order valence-corrected chi connectivity index (χ1v) is 5.15. The molecule has 0 aliphatic carbocycles. The summed E-state index contributed by atoms with van der Waals surface area (Å²) in [6.45, 7) is 5.26. The lowest BCUT2D eigenvalue weighted by atomic mass is 10.6. The Labute approximate surface area is 63.3 Å². The molecule has 1 aliphatic heterocycles. The van der Waals surface area contributed by atoms with Crippen molar-refractivity contribution in [2.45, 2.75) is 11.7 Å². The first kappa shape index (κ1) is 8.51. The van der Waals surface area contributed by atoms with Crippen molar-refractivity contribution in [3.63, 3.8) is 0 Å². The van der Waals surface area contributed by atoms with E-state index in [2.05, 4.69) is 11.7 Å². The van der Waals surface area contributed by atoms with Crippen LogP contribution in [-0.2, 0) is 9.05 Å². The molecular formula is C4H10N2O2P2.